The van der Waals surface area contributed by atoms with Crippen LogP contribution < -0.4 is 5.32 Å². The summed E-state index contributed by atoms with van der Waals surface area (Å²) in [4.78, 5) is 39.3. The molecule has 0 bridgehead atoms. The van der Waals surface area contributed by atoms with Gasteiger partial charge in [0, 0.05) is 12.8 Å². The van der Waals surface area contributed by atoms with Crippen LogP contribution >= 0.6 is 0 Å². The molecule has 1 aliphatic carbocycles. The molecule has 1 saturated carbocycles. The van der Waals surface area contributed by atoms with Crippen molar-refractivity contribution >= 4 is 23.5 Å². The van der Waals surface area contributed by atoms with E-state index in [2.05, 4.69) is 5.32 Å². The molecule has 0 atom stereocenters. The molecule has 0 aliphatic heterocycles. The molecule has 0 heterocycles. The molecule has 3 rings (SSSR count). The Hall–Kier alpha value is -3.19. The standard InChI is InChI=1S/C28H36N2O5/c1-6-30(7-2,18-24(31)35-19-22-12-9-8-10-13-22)28(14-11-15-28)27(33)29-25-21(4)16-20(3)17-23(25)26(32)34-5/h8-10,12-13,16-17H,6-7,11,14-15,18-19H2,1-5H3/p+1. The van der Waals surface area contributed by atoms with E-state index in [1.807, 2.05) is 64.1 Å². The number of aryl methyl sites for hydroxylation is 2. The minimum absolute atomic E-state index is 0.115. The lowest BCUT2D eigenvalue weighted by Crippen LogP contribution is -2.73. The van der Waals surface area contributed by atoms with E-state index in [0.717, 1.165) is 23.1 Å². The van der Waals surface area contributed by atoms with E-state index in [4.69, 9.17) is 9.47 Å². The fourth-order valence-corrected chi connectivity index (χ4v) is 5.30. The van der Waals surface area contributed by atoms with Gasteiger partial charge in [0.05, 0.1) is 31.5 Å². The Kier molecular flexibility index (Phi) is 8.33. The third-order valence-electron chi connectivity index (χ3n) is 7.52. The van der Waals surface area contributed by atoms with Crippen LogP contribution in [0.25, 0.3) is 0 Å². The Bertz CT molecular complexity index is 1070. The van der Waals surface area contributed by atoms with Crippen molar-refractivity contribution in [1.82, 2.24) is 0 Å². The molecule has 2 aromatic carbocycles. The van der Waals surface area contributed by atoms with Crippen molar-refractivity contribution in [3.63, 3.8) is 0 Å². The quantitative estimate of drug-likeness (QED) is 0.398. The van der Waals surface area contributed by atoms with Crippen molar-refractivity contribution in [1.29, 1.82) is 0 Å². The van der Waals surface area contributed by atoms with Crippen LogP contribution in [0.15, 0.2) is 42.5 Å². The SMILES string of the molecule is CC[N+](CC)(CC(=O)OCc1ccccc1)C1(C(=O)Nc2c(C)cc(C)cc2C(=O)OC)CCC1. The van der Waals surface area contributed by atoms with E-state index in [1.54, 1.807) is 6.07 Å². The lowest BCUT2D eigenvalue weighted by Gasteiger charge is -2.55. The molecule has 0 spiro atoms. The number of anilines is 1. The first-order valence-corrected chi connectivity index (χ1v) is 12.3. The van der Waals surface area contributed by atoms with Crippen LogP contribution in [0.5, 0.6) is 0 Å². The summed E-state index contributed by atoms with van der Waals surface area (Å²) in [5, 5.41) is 3.06. The number of nitrogens with zero attached hydrogens (tertiary/aromatic N) is 1. The molecule has 7 heteroatoms. The highest BCUT2D eigenvalue weighted by molar-refractivity contribution is 6.05. The maximum absolute atomic E-state index is 13.9. The van der Waals surface area contributed by atoms with Gasteiger partial charge in [0.15, 0.2) is 12.1 Å². The smallest absolute Gasteiger partial charge is 0.362 e. The van der Waals surface area contributed by atoms with Crippen molar-refractivity contribution in [2.45, 2.75) is 59.1 Å². The fraction of sp³-hybridized carbons (Fsp3) is 0.464. The first-order chi connectivity index (χ1) is 16.7. The summed E-state index contributed by atoms with van der Waals surface area (Å²) < 4.78 is 10.9. The van der Waals surface area contributed by atoms with Crippen molar-refractivity contribution in [2.24, 2.45) is 0 Å². The first kappa shape index (κ1) is 26.4. The molecule has 0 radical (unpaired) electrons. The van der Waals surface area contributed by atoms with E-state index >= 15 is 0 Å². The van der Waals surface area contributed by atoms with Crippen LogP contribution in [0.3, 0.4) is 0 Å². The van der Waals surface area contributed by atoms with E-state index in [1.165, 1.54) is 7.11 Å². The molecule has 1 fully saturated rings. The van der Waals surface area contributed by atoms with Gasteiger partial charge in [-0.1, -0.05) is 36.4 Å². The second-order valence-electron chi connectivity index (χ2n) is 9.42. The van der Waals surface area contributed by atoms with Gasteiger partial charge in [-0.05, 0) is 56.9 Å². The zero-order chi connectivity index (χ0) is 25.6. The Balaban J connectivity index is 1.86. The summed E-state index contributed by atoms with van der Waals surface area (Å²) in [6.45, 7) is 9.33. The number of rotatable bonds is 10. The number of carbonyl (C=O) groups excluding carboxylic acids is 3. The molecule has 1 amide bonds. The van der Waals surface area contributed by atoms with Crippen LogP contribution in [0.1, 0.15) is 60.2 Å². The fourth-order valence-electron chi connectivity index (χ4n) is 5.30. The van der Waals surface area contributed by atoms with Crippen LogP contribution in [0.2, 0.25) is 0 Å². The molecule has 1 N–H and O–H groups in total. The second-order valence-corrected chi connectivity index (χ2v) is 9.42. The number of carbonyl (C=O) groups is 3. The number of nitrogens with one attached hydrogen (secondary N) is 1. The maximum Gasteiger partial charge on any atom is 0.362 e. The van der Waals surface area contributed by atoms with Gasteiger partial charge in [-0.3, -0.25) is 4.79 Å². The number of esters is 2. The number of likely N-dealkylation sites (N-methyl/N-ethyl adjacent to an activating group) is 1. The van der Waals surface area contributed by atoms with Gasteiger partial charge in [0.1, 0.15) is 6.61 Å². The van der Waals surface area contributed by atoms with Gasteiger partial charge in [0.25, 0.3) is 5.91 Å². The zero-order valence-electron chi connectivity index (χ0n) is 21.5. The molecular formula is C28H37N2O5+. The Morgan fingerprint density at radius 2 is 1.69 bits per heavy atom. The van der Waals surface area contributed by atoms with Gasteiger partial charge in [-0.25, -0.2) is 9.59 Å². The number of hydrogen-bond donors (Lipinski definition) is 1. The second kappa shape index (κ2) is 11.0. The lowest BCUT2D eigenvalue weighted by molar-refractivity contribution is -0.963. The molecule has 0 saturated heterocycles. The molecule has 0 aromatic heterocycles. The van der Waals surface area contributed by atoms with E-state index in [9.17, 15) is 14.4 Å². The summed E-state index contributed by atoms with van der Waals surface area (Å²) in [7, 11) is 1.33. The monoisotopic (exact) mass is 481 g/mol. The Morgan fingerprint density at radius 1 is 1.03 bits per heavy atom. The zero-order valence-corrected chi connectivity index (χ0v) is 21.5. The highest BCUT2D eigenvalue weighted by Gasteiger charge is 2.60. The minimum atomic E-state index is -0.764. The Labute approximate surface area is 208 Å². The van der Waals surface area contributed by atoms with Crippen LogP contribution in [0, 0.1) is 13.8 Å². The summed E-state index contributed by atoms with van der Waals surface area (Å²) in [6, 6.07) is 13.2. The predicted octanol–water partition coefficient (Wildman–Crippen LogP) is 4.55. The number of amides is 1. The largest absolute Gasteiger partial charge is 0.465 e. The molecule has 0 unspecified atom stereocenters. The molecule has 2 aromatic rings. The van der Waals surface area contributed by atoms with Crippen LogP contribution in [0.4, 0.5) is 5.69 Å². The van der Waals surface area contributed by atoms with Crippen molar-refractivity contribution < 1.29 is 28.3 Å². The van der Waals surface area contributed by atoms with E-state index in [-0.39, 0.29) is 25.0 Å². The summed E-state index contributed by atoms with van der Waals surface area (Å²) in [6.07, 6.45) is 2.25. The van der Waals surface area contributed by atoms with E-state index < -0.39 is 11.5 Å². The topological polar surface area (TPSA) is 81.7 Å². The first-order valence-electron chi connectivity index (χ1n) is 12.3. The van der Waals surface area contributed by atoms with Crippen molar-refractivity contribution in [2.75, 3.05) is 32.1 Å². The summed E-state index contributed by atoms with van der Waals surface area (Å²) in [5.41, 5.74) is 2.67. The van der Waals surface area contributed by atoms with Crippen molar-refractivity contribution in [3.8, 4) is 0 Å². The highest BCUT2D eigenvalue weighted by Crippen LogP contribution is 2.44. The number of methoxy groups -OCH3 is 1. The molecular weight excluding hydrogens is 444 g/mol. The molecule has 1 aliphatic rings. The number of hydrogen-bond acceptors (Lipinski definition) is 5. The molecule has 7 nitrogen and oxygen atoms in total. The number of benzene rings is 2. The van der Waals surface area contributed by atoms with Gasteiger partial charge >= 0.3 is 11.9 Å². The lowest BCUT2D eigenvalue weighted by atomic mass is 9.72. The minimum Gasteiger partial charge on any atom is -0.465 e. The van der Waals surface area contributed by atoms with Gasteiger partial charge < -0.3 is 19.3 Å². The number of ether oxygens (including phenoxy) is 2. The molecule has 35 heavy (non-hydrogen) atoms. The average Bonchev–Trinajstić information content (AvgIpc) is 2.82. The average molecular weight is 482 g/mol. The van der Waals surface area contributed by atoms with E-state index in [0.29, 0.717) is 41.7 Å². The van der Waals surface area contributed by atoms with Gasteiger partial charge in [0.2, 0.25) is 0 Å². The number of quaternary nitrogens is 1. The van der Waals surface area contributed by atoms with Gasteiger partial charge in [-0.2, -0.15) is 0 Å². The third kappa shape index (κ3) is 5.25. The normalized spacial score (nSPS) is 14.5. The molecule has 188 valence electrons. The summed E-state index contributed by atoms with van der Waals surface area (Å²) in [5.74, 6) is -0.982. The predicted molar refractivity (Wildman–Crippen MR) is 135 cm³/mol. The van der Waals surface area contributed by atoms with Crippen molar-refractivity contribution in [3.05, 3.63) is 64.7 Å². The van der Waals surface area contributed by atoms with Crippen LogP contribution in [-0.2, 0) is 25.7 Å². The highest BCUT2D eigenvalue weighted by atomic mass is 16.5. The maximum atomic E-state index is 13.9. The third-order valence-corrected chi connectivity index (χ3v) is 7.52. The Morgan fingerprint density at radius 3 is 2.23 bits per heavy atom. The van der Waals surface area contributed by atoms with Crippen LogP contribution in [-0.4, -0.2) is 54.6 Å². The van der Waals surface area contributed by atoms with Gasteiger partial charge in [-0.15, -0.1) is 0 Å². The summed E-state index contributed by atoms with van der Waals surface area (Å²) >= 11 is 0.